The molecule has 0 saturated carbocycles. The van der Waals surface area contributed by atoms with Gasteiger partial charge in [0.15, 0.2) is 0 Å². The lowest BCUT2D eigenvalue weighted by molar-refractivity contribution is 0.149. The number of hydrogen-bond acceptors (Lipinski definition) is 4. The lowest BCUT2D eigenvalue weighted by Gasteiger charge is -2.34. The first-order valence-electron chi connectivity index (χ1n) is 6.97. The van der Waals surface area contributed by atoms with E-state index in [9.17, 15) is 0 Å². The number of nitrogens with zero attached hydrogens (tertiary/aromatic N) is 2. The van der Waals surface area contributed by atoms with E-state index in [0.29, 0.717) is 12.5 Å². The van der Waals surface area contributed by atoms with E-state index in [-0.39, 0.29) is 6.61 Å². The number of rotatable bonds is 5. The van der Waals surface area contributed by atoms with Gasteiger partial charge in [0.1, 0.15) is 0 Å². The van der Waals surface area contributed by atoms with Crippen LogP contribution in [-0.4, -0.2) is 40.7 Å². The van der Waals surface area contributed by atoms with Crippen LogP contribution < -0.4 is 0 Å². The highest BCUT2D eigenvalue weighted by Crippen LogP contribution is 2.24. The number of piperidine rings is 1. The van der Waals surface area contributed by atoms with Crippen molar-refractivity contribution >= 4 is 11.3 Å². The molecular formula is C14H24N2OS. The summed E-state index contributed by atoms with van der Waals surface area (Å²) in [7, 11) is 0. The van der Waals surface area contributed by atoms with E-state index in [1.54, 1.807) is 11.3 Å². The summed E-state index contributed by atoms with van der Waals surface area (Å²) >= 11 is 1.75. The van der Waals surface area contributed by atoms with E-state index in [2.05, 4.69) is 29.1 Å². The Hall–Kier alpha value is -0.450. The summed E-state index contributed by atoms with van der Waals surface area (Å²) < 4.78 is 0. The quantitative estimate of drug-likeness (QED) is 0.890. The van der Waals surface area contributed by atoms with Crippen LogP contribution >= 0.6 is 11.3 Å². The molecule has 0 unspecified atom stereocenters. The monoisotopic (exact) mass is 268 g/mol. The number of hydrogen-bond donors (Lipinski definition) is 1. The van der Waals surface area contributed by atoms with Gasteiger partial charge in [0, 0.05) is 30.9 Å². The molecule has 1 saturated heterocycles. The second-order valence-electron chi connectivity index (χ2n) is 5.48. The Labute approximate surface area is 114 Å². The first-order valence-corrected chi connectivity index (χ1v) is 7.85. The molecule has 0 aromatic carbocycles. The van der Waals surface area contributed by atoms with Crippen LogP contribution in [0.1, 0.15) is 37.4 Å². The third-order valence-electron chi connectivity index (χ3n) is 3.81. The topological polar surface area (TPSA) is 36.4 Å². The largest absolute Gasteiger partial charge is 0.396 e. The maximum absolute atomic E-state index is 8.89. The molecular weight excluding hydrogens is 244 g/mol. The molecule has 18 heavy (non-hydrogen) atoms. The van der Waals surface area contributed by atoms with Crippen molar-refractivity contribution in [1.82, 2.24) is 9.88 Å². The smallest absolute Gasteiger partial charge is 0.0931 e. The molecule has 4 heteroatoms. The summed E-state index contributed by atoms with van der Waals surface area (Å²) in [5, 5.41) is 12.2. The van der Waals surface area contributed by atoms with Gasteiger partial charge >= 0.3 is 0 Å². The van der Waals surface area contributed by atoms with E-state index in [0.717, 1.165) is 18.0 Å². The first kappa shape index (κ1) is 14.0. The Bertz CT molecular complexity index is 356. The van der Waals surface area contributed by atoms with Gasteiger partial charge in [-0.1, -0.05) is 0 Å². The number of likely N-dealkylation sites (tertiary alicyclic amines) is 1. The minimum atomic E-state index is 0.204. The second-order valence-corrected chi connectivity index (χ2v) is 6.43. The molecule has 102 valence electrons. The SMILES string of the molecule is CC(C)N1CCC(Cc2nc(CCO)cs2)CC1. The van der Waals surface area contributed by atoms with Crippen LogP contribution in [0.4, 0.5) is 0 Å². The van der Waals surface area contributed by atoms with Crippen LogP contribution in [-0.2, 0) is 12.8 Å². The average Bonchev–Trinajstić information content (AvgIpc) is 2.78. The van der Waals surface area contributed by atoms with Gasteiger partial charge in [-0.25, -0.2) is 4.98 Å². The minimum absolute atomic E-state index is 0.204. The van der Waals surface area contributed by atoms with Gasteiger partial charge in [-0.15, -0.1) is 11.3 Å². The van der Waals surface area contributed by atoms with Gasteiger partial charge in [0.2, 0.25) is 0 Å². The lowest BCUT2D eigenvalue weighted by atomic mass is 9.93. The number of aliphatic hydroxyl groups excluding tert-OH is 1. The fourth-order valence-corrected chi connectivity index (χ4v) is 3.54. The molecule has 0 radical (unpaired) electrons. The normalized spacial score (nSPS) is 18.7. The molecule has 1 aromatic heterocycles. The van der Waals surface area contributed by atoms with Gasteiger partial charge < -0.3 is 10.0 Å². The predicted octanol–water partition coefficient (Wildman–Crippen LogP) is 2.34. The van der Waals surface area contributed by atoms with E-state index < -0.39 is 0 Å². The Kier molecular flexibility index (Phi) is 5.15. The molecule has 1 aromatic rings. The highest BCUT2D eigenvalue weighted by Gasteiger charge is 2.21. The molecule has 3 nitrogen and oxygen atoms in total. The first-order chi connectivity index (χ1) is 8.69. The zero-order valence-corrected chi connectivity index (χ0v) is 12.2. The van der Waals surface area contributed by atoms with Crippen LogP contribution in [0.2, 0.25) is 0 Å². The van der Waals surface area contributed by atoms with E-state index in [4.69, 9.17) is 5.11 Å². The zero-order valence-electron chi connectivity index (χ0n) is 11.4. The maximum atomic E-state index is 8.89. The van der Waals surface area contributed by atoms with Crippen LogP contribution in [0, 0.1) is 5.92 Å². The standard InChI is InChI=1S/C14H24N2OS/c1-11(2)16-6-3-12(4-7-16)9-14-15-13(5-8-17)10-18-14/h10-12,17H,3-9H2,1-2H3. The average molecular weight is 268 g/mol. The van der Waals surface area contributed by atoms with Crippen molar-refractivity contribution in [3.63, 3.8) is 0 Å². The Morgan fingerprint density at radius 3 is 2.78 bits per heavy atom. The molecule has 1 aliphatic heterocycles. The molecule has 1 fully saturated rings. The number of aromatic nitrogens is 1. The third-order valence-corrected chi connectivity index (χ3v) is 4.73. The van der Waals surface area contributed by atoms with Crippen LogP contribution in [0.5, 0.6) is 0 Å². The molecule has 1 aliphatic rings. The van der Waals surface area contributed by atoms with Crippen LogP contribution in [0.3, 0.4) is 0 Å². The molecule has 0 amide bonds. The van der Waals surface area contributed by atoms with Crippen molar-refractivity contribution < 1.29 is 5.11 Å². The van der Waals surface area contributed by atoms with Crippen molar-refractivity contribution in [2.45, 2.75) is 45.6 Å². The van der Waals surface area contributed by atoms with Gasteiger partial charge in [0.05, 0.1) is 10.7 Å². The molecule has 0 atom stereocenters. The van der Waals surface area contributed by atoms with Gasteiger partial charge in [-0.3, -0.25) is 0 Å². The van der Waals surface area contributed by atoms with Gasteiger partial charge in [-0.2, -0.15) is 0 Å². The van der Waals surface area contributed by atoms with Gasteiger partial charge in [-0.05, 0) is 45.7 Å². The van der Waals surface area contributed by atoms with Crippen molar-refractivity contribution in [2.24, 2.45) is 5.92 Å². The van der Waals surface area contributed by atoms with Crippen molar-refractivity contribution in [3.05, 3.63) is 16.1 Å². The molecule has 0 spiro atoms. The van der Waals surface area contributed by atoms with E-state index in [1.165, 1.54) is 30.9 Å². The highest BCUT2D eigenvalue weighted by molar-refractivity contribution is 7.09. The Morgan fingerprint density at radius 1 is 1.44 bits per heavy atom. The Balaban J connectivity index is 1.80. The molecule has 0 bridgehead atoms. The summed E-state index contributed by atoms with van der Waals surface area (Å²) in [4.78, 5) is 7.16. The van der Waals surface area contributed by atoms with E-state index >= 15 is 0 Å². The predicted molar refractivity (Wildman–Crippen MR) is 76.0 cm³/mol. The summed E-state index contributed by atoms with van der Waals surface area (Å²) in [6.07, 6.45) is 4.42. The second kappa shape index (κ2) is 6.64. The van der Waals surface area contributed by atoms with Crippen LogP contribution in [0.15, 0.2) is 5.38 Å². The lowest BCUT2D eigenvalue weighted by Crippen LogP contribution is -2.38. The van der Waals surface area contributed by atoms with E-state index in [1.807, 2.05) is 0 Å². The summed E-state index contributed by atoms with van der Waals surface area (Å²) in [5.74, 6) is 0.799. The third kappa shape index (κ3) is 3.77. The highest BCUT2D eigenvalue weighted by atomic mass is 32.1. The maximum Gasteiger partial charge on any atom is 0.0931 e. The van der Waals surface area contributed by atoms with Crippen molar-refractivity contribution in [1.29, 1.82) is 0 Å². The summed E-state index contributed by atoms with van der Waals surface area (Å²) in [5.41, 5.74) is 1.05. The summed E-state index contributed by atoms with van der Waals surface area (Å²) in [6.45, 7) is 7.23. The van der Waals surface area contributed by atoms with Crippen molar-refractivity contribution in [3.8, 4) is 0 Å². The van der Waals surface area contributed by atoms with Crippen molar-refractivity contribution in [2.75, 3.05) is 19.7 Å². The fourth-order valence-electron chi connectivity index (χ4n) is 2.59. The number of thiazole rings is 1. The minimum Gasteiger partial charge on any atom is -0.396 e. The Morgan fingerprint density at radius 2 is 2.17 bits per heavy atom. The molecule has 0 aliphatic carbocycles. The molecule has 1 N–H and O–H groups in total. The molecule has 2 rings (SSSR count). The zero-order chi connectivity index (χ0) is 13.0. The number of aliphatic hydroxyl groups is 1. The van der Waals surface area contributed by atoms with Gasteiger partial charge in [0.25, 0.3) is 0 Å². The van der Waals surface area contributed by atoms with Crippen LogP contribution in [0.25, 0.3) is 0 Å². The fraction of sp³-hybridized carbons (Fsp3) is 0.786. The summed E-state index contributed by atoms with van der Waals surface area (Å²) in [6, 6.07) is 0.682. The molecule has 2 heterocycles.